The number of amides is 1. The molecule has 0 radical (unpaired) electrons. The molecule has 1 saturated carbocycles. The first-order valence-corrected chi connectivity index (χ1v) is 8.65. The van der Waals surface area contributed by atoms with E-state index in [1.165, 1.54) is 32.1 Å². The van der Waals surface area contributed by atoms with Crippen LogP contribution in [0.25, 0.3) is 0 Å². The van der Waals surface area contributed by atoms with Crippen molar-refractivity contribution >= 4 is 11.7 Å². The van der Waals surface area contributed by atoms with Gasteiger partial charge in [0.2, 0.25) is 5.91 Å². The second-order valence-electron chi connectivity index (χ2n) is 6.85. The third kappa shape index (κ3) is 3.74. The Morgan fingerprint density at radius 2 is 1.96 bits per heavy atom. The van der Waals surface area contributed by atoms with Crippen LogP contribution in [0.3, 0.4) is 0 Å². The summed E-state index contributed by atoms with van der Waals surface area (Å²) in [6.45, 7) is 1.12. The van der Waals surface area contributed by atoms with E-state index < -0.39 is 0 Å². The van der Waals surface area contributed by atoms with Crippen molar-refractivity contribution in [2.45, 2.75) is 38.5 Å². The third-order valence-electron chi connectivity index (χ3n) is 5.07. The van der Waals surface area contributed by atoms with Crippen molar-refractivity contribution in [3.8, 4) is 5.75 Å². The molecule has 1 atom stereocenters. The average Bonchev–Trinajstić information content (AvgIpc) is 2.58. The van der Waals surface area contributed by atoms with E-state index in [1.54, 1.807) is 12.1 Å². The minimum Gasteiger partial charge on any atom is -0.492 e. The van der Waals surface area contributed by atoms with Crippen LogP contribution in [0.2, 0.25) is 0 Å². The van der Waals surface area contributed by atoms with Gasteiger partial charge in [-0.1, -0.05) is 31.4 Å². The Morgan fingerprint density at radius 1 is 1.22 bits per heavy atom. The molecule has 1 aliphatic heterocycles. The van der Waals surface area contributed by atoms with E-state index in [0.717, 1.165) is 6.54 Å². The van der Waals surface area contributed by atoms with E-state index in [2.05, 4.69) is 0 Å². The van der Waals surface area contributed by atoms with E-state index in [-0.39, 0.29) is 24.0 Å². The molecule has 1 unspecified atom stereocenters. The Kier molecular flexibility index (Phi) is 4.99. The van der Waals surface area contributed by atoms with Crippen LogP contribution in [-0.2, 0) is 4.79 Å². The van der Waals surface area contributed by atoms with Crippen LogP contribution in [0.1, 0.15) is 48.9 Å². The second kappa shape index (κ2) is 7.16. The lowest BCUT2D eigenvalue weighted by atomic mass is 9.88. The van der Waals surface area contributed by atoms with E-state index in [4.69, 9.17) is 4.74 Å². The topological polar surface area (TPSA) is 46.6 Å². The highest BCUT2D eigenvalue weighted by Gasteiger charge is 2.31. The van der Waals surface area contributed by atoms with E-state index in [0.29, 0.717) is 23.8 Å². The molecule has 1 aliphatic carbocycles. The number of ketones is 1. The summed E-state index contributed by atoms with van der Waals surface area (Å²) >= 11 is 0. The standard InChI is InChI=1S/C19H25NO3/c1-20(12-14-7-3-2-4-8-14)18(21)11-15-13-23-17-10-6-5-9-16(17)19(15)22/h5-6,9-10,14-15H,2-4,7-8,11-13H2,1H3. The molecule has 4 nitrogen and oxygen atoms in total. The summed E-state index contributed by atoms with van der Waals surface area (Å²) in [5.41, 5.74) is 0.603. The fraction of sp³-hybridized carbons (Fsp3) is 0.579. The Balaban J connectivity index is 1.56. The summed E-state index contributed by atoms with van der Waals surface area (Å²) in [4.78, 5) is 26.8. The molecule has 0 aromatic heterocycles. The van der Waals surface area contributed by atoms with Crippen LogP contribution in [0.4, 0.5) is 0 Å². The molecule has 0 spiro atoms. The molecule has 1 amide bonds. The third-order valence-corrected chi connectivity index (χ3v) is 5.07. The molecule has 4 heteroatoms. The smallest absolute Gasteiger partial charge is 0.223 e. The van der Waals surface area contributed by atoms with Crippen molar-refractivity contribution < 1.29 is 14.3 Å². The van der Waals surface area contributed by atoms with Crippen molar-refractivity contribution in [2.75, 3.05) is 20.2 Å². The van der Waals surface area contributed by atoms with Gasteiger partial charge < -0.3 is 9.64 Å². The highest BCUT2D eigenvalue weighted by molar-refractivity contribution is 6.02. The molecular formula is C19H25NO3. The van der Waals surface area contributed by atoms with Crippen LogP contribution in [0.15, 0.2) is 24.3 Å². The zero-order valence-electron chi connectivity index (χ0n) is 13.8. The van der Waals surface area contributed by atoms with Gasteiger partial charge in [0, 0.05) is 20.0 Å². The largest absolute Gasteiger partial charge is 0.492 e. The molecule has 1 aromatic carbocycles. The summed E-state index contributed by atoms with van der Waals surface area (Å²) < 4.78 is 5.65. The van der Waals surface area contributed by atoms with Crippen molar-refractivity contribution in [3.05, 3.63) is 29.8 Å². The number of Topliss-reactive ketones (excluding diaryl/α,β-unsaturated/α-hetero) is 1. The summed E-state index contributed by atoms with van der Waals surface area (Å²) in [5, 5.41) is 0. The molecule has 0 bridgehead atoms. The maximum atomic E-state index is 12.5. The predicted octanol–water partition coefficient (Wildman–Crippen LogP) is 3.31. The molecule has 1 aromatic rings. The molecule has 0 N–H and O–H groups in total. The normalized spacial score (nSPS) is 21.4. The van der Waals surface area contributed by atoms with Crippen LogP contribution in [0.5, 0.6) is 5.75 Å². The van der Waals surface area contributed by atoms with Gasteiger partial charge in [-0.2, -0.15) is 0 Å². The Labute approximate surface area is 137 Å². The zero-order chi connectivity index (χ0) is 16.2. The van der Waals surface area contributed by atoms with Gasteiger partial charge in [-0.15, -0.1) is 0 Å². The first-order chi connectivity index (χ1) is 11.1. The zero-order valence-corrected chi connectivity index (χ0v) is 13.8. The van der Waals surface area contributed by atoms with Crippen molar-refractivity contribution in [3.63, 3.8) is 0 Å². The lowest BCUT2D eigenvalue weighted by Gasteiger charge is -2.29. The molecule has 23 heavy (non-hydrogen) atoms. The number of nitrogens with zero attached hydrogens (tertiary/aromatic N) is 1. The van der Waals surface area contributed by atoms with E-state index >= 15 is 0 Å². The van der Waals surface area contributed by atoms with Crippen molar-refractivity contribution in [1.29, 1.82) is 0 Å². The fourth-order valence-corrected chi connectivity index (χ4v) is 3.66. The van der Waals surface area contributed by atoms with Gasteiger partial charge in [-0.25, -0.2) is 0 Å². The van der Waals surface area contributed by atoms with Crippen molar-refractivity contribution in [1.82, 2.24) is 4.90 Å². The highest BCUT2D eigenvalue weighted by atomic mass is 16.5. The second-order valence-corrected chi connectivity index (χ2v) is 6.85. The molecule has 2 aliphatic rings. The number of para-hydroxylation sites is 1. The lowest BCUT2D eigenvalue weighted by Crippen LogP contribution is -2.37. The van der Waals surface area contributed by atoms with Crippen LogP contribution >= 0.6 is 0 Å². The first kappa shape index (κ1) is 16.0. The van der Waals surface area contributed by atoms with Crippen molar-refractivity contribution in [2.24, 2.45) is 11.8 Å². The number of carbonyl (C=O) groups is 2. The Hall–Kier alpha value is -1.84. The quantitative estimate of drug-likeness (QED) is 0.856. The van der Waals surface area contributed by atoms with Gasteiger partial charge in [0.1, 0.15) is 5.75 Å². The number of carbonyl (C=O) groups excluding carboxylic acids is 2. The van der Waals surface area contributed by atoms with E-state index in [1.807, 2.05) is 24.1 Å². The molecule has 1 fully saturated rings. The van der Waals surface area contributed by atoms with Crippen LogP contribution in [-0.4, -0.2) is 36.8 Å². The Morgan fingerprint density at radius 3 is 2.74 bits per heavy atom. The van der Waals surface area contributed by atoms with Gasteiger partial charge in [0.15, 0.2) is 5.78 Å². The average molecular weight is 315 g/mol. The minimum atomic E-state index is -0.355. The predicted molar refractivity (Wildman–Crippen MR) is 88.6 cm³/mol. The van der Waals surface area contributed by atoms with Gasteiger partial charge in [0.25, 0.3) is 0 Å². The van der Waals surface area contributed by atoms with Crippen LogP contribution in [0, 0.1) is 11.8 Å². The summed E-state index contributed by atoms with van der Waals surface area (Å²) in [6, 6.07) is 7.27. The molecular weight excluding hydrogens is 290 g/mol. The number of hydrogen-bond acceptors (Lipinski definition) is 3. The lowest BCUT2D eigenvalue weighted by molar-refractivity contribution is -0.131. The van der Waals surface area contributed by atoms with Gasteiger partial charge in [-0.05, 0) is 30.9 Å². The molecule has 3 rings (SSSR count). The van der Waals surface area contributed by atoms with Gasteiger partial charge in [-0.3, -0.25) is 9.59 Å². The highest BCUT2D eigenvalue weighted by Crippen LogP contribution is 2.29. The Bertz CT molecular complexity index is 578. The number of benzene rings is 1. The maximum absolute atomic E-state index is 12.5. The number of fused-ring (bicyclic) bond motifs is 1. The van der Waals surface area contributed by atoms with Gasteiger partial charge in [0.05, 0.1) is 18.1 Å². The SMILES string of the molecule is CN(CC1CCCCC1)C(=O)CC1COc2ccccc2C1=O. The number of ether oxygens (including phenoxy) is 1. The fourth-order valence-electron chi connectivity index (χ4n) is 3.66. The van der Waals surface area contributed by atoms with Crippen LogP contribution < -0.4 is 4.74 Å². The minimum absolute atomic E-state index is 0.0336. The first-order valence-electron chi connectivity index (χ1n) is 8.65. The summed E-state index contributed by atoms with van der Waals surface area (Å²) in [5.74, 6) is 0.989. The summed E-state index contributed by atoms with van der Waals surface area (Å²) in [7, 11) is 1.86. The monoisotopic (exact) mass is 315 g/mol. The summed E-state index contributed by atoms with van der Waals surface area (Å²) in [6.07, 6.45) is 6.56. The molecule has 0 saturated heterocycles. The maximum Gasteiger partial charge on any atom is 0.223 e. The van der Waals surface area contributed by atoms with E-state index in [9.17, 15) is 9.59 Å². The molecule has 124 valence electrons. The van der Waals surface area contributed by atoms with Gasteiger partial charge >= 0.3 is 0 Å². The number of rotatable bonds is 4. The number of hydrogen-bond donors (Lipinski definition) is 0. The molecule has 1 heterocycles.